The molecular weight excluding hydrogens is 348 g/mol. The Kier molecular flexibility index (Phi) is 4.62. The zero-order valence-electron chi connectivity index (χ0n) is 10.2. The minimum absolute atomic E-state index is 0.313. The SMILES string of the molecule is CNCc1ccc(S(=O)(=O)Nc2ccccc2Br)s1. The van der Waals surface area contributed by atoms with Crippen LogP contribution in [0.1, 0.15) is 4.88 Å². The molecule has 1 aromatic carbocycles. The molecule has 7 heteroatoms. The molecule has 1 heterocycles. The van der Waals surface area contributed by atoms with Gasteiger partial charge in [0.15, 0.2) is 0 Å². The lowest BCUT2D eigenvalue weighted by Gasteiger charge is -2.07. The minimum Gasteiger partial charge on any atom is -0.315 e. The van der Waals surface area contributed by atoms with E-state index in [0.717, 1.165) is 4.88 Å². The van der Waals surface area contributed by atoms with Crippen LogP contribution in [-0.2, 0) is 16.6 Å². The van der Waals surface area contributed by atoms with Crippen molar-refractivity contribution >= 4 is 43.0 Å². The molecule has 1 aromatic heterocycles. The summed E-state index contributed by atoms with van der Waals surface area (Å²) in [6, 6.07) is 10.6. The number of halogens is 1. The van der Waals surface area contributed by atoms with Gasteiger partial charge in [-0.1, -0.05) is 12.1 Å². The monoisotopic (exact) mass is 360 g/mol. The van der Waals surface area contributed by atoms with Crippen LogP contribution in [0.4, 0.5) is 5.69 Å². The predicted octanol–water partition coefficient (Wildman–Crippen LogP) is 3.03. The van der Waals surface area contributed by atoms with Crippen molar-refractivity contribution in [3.63, 3.8) is 0 Å². The fraction of sp³-hybridized carbons (Fsp3) is 0.167. The van der Waals surface area contributed by atoms with Crippen molar-refractivity contribution < 1.29 is 8.42 Å². The zero-order chi connectivity index (χ0) is 13.9. The Morgan fingerprint density at radius 2 is 1.95 bits per heavy atom. The quantitative estimate of drug-likeness (QED) is 0.861. The molecule has 0 unspecified atom stereocenters. The highest BCUT2D eigenvalue weighted by Crippen LogP contribution is 2.27. The zero-order valence-corrected chi connectivity index (χ0v) is 13.4. The van der Waals surface area contributed by atoms with Crippen molar-refractivity contribution in [2.45, 2.75) is 10.8 Å². The van der Waals surface area contributed by atoms with Gasteiger partial charge in [0.25, 0.3) is 10.0 Å². The summed E-state index contributed by atoms with van der Waals surface area (Å²) in [6.07, 6.45) is 0. The molecule has 0 aliphatic heterocycles. The highest BCUT2D eigenvalue weighted by Gasteiger charge is 2.17. The maximum absolute atomic E-state index is 12.2. The van der Waals surface area contributed by atoms with Gasteiger partial charge >= 0.3 is 0 Å². The van der Waals surface area contributed by atoms with Gasteiger partial charge in [-0.25, -0.2) is 8.42 Å². The number of para-hydroxylation sites is 1. The lowest BCUT2D eigenvalue weighted by atomic mass is 10.3. The summed E-state index contributed by atoms with van der Waals surface area (Å²) >= 11 is 4.58. The van der Waals surface area contributed by atoms with Crippen LogP contribution in [0.25, 0.3) is 0 Å². The topological polar surface area (TPSA) is 58.2 Å². The van der Waals surface area contributed by atoms with Crippen LogP contribution in [0.5, 0.6) is 0 Å². The van der Waals surface area contributed by atoms with Gasteiger partial charge in [0.1, 0.15) is 4.21 Å². The van der Waals surface area contributed by atoms with E-state index < -0.39 is 10.0 Å². The second kappa shape index (κ2) is 6.04. The van der Waals surface area contributed by atoms with Gasteiger partial charge < -0.3 is 5.32 Å². The van der Waals surface area contributed by atoms with E-state index in [1.807, 2.05) is 19.2 Å². The van der Waals surface area contributed by atoms with E-state index in [4.69, 9.17) is 0 Å². The van der Waals surface area contributed by atoms with E-state index in [0.29, 0.717) is 20.9 Å². The van der Waals surface area contributed by atoms with Crippen molar-refractivity contribution in [2.24, 2.45) is 0 Å². The molecular formula is C12H13BrN2O2S2. The van der Waals surface area contributed by atoms with Gasteiger partial charge in [0.2, 0.25) is 0 Å². The molecule has 0 radical (unpaired) electrons. The number of hydrogen-bond acceptors (Lipinski definition) is 4. The molecule has 102 valence electrons. The van der Waals surface area contributed by atoms with Gasteiger partial charge in [-0.3, -0.25) is 4.72 Å². The second-order valence-electron chi connectivity index (χ2n) is 3.84. The fourth-order valence-corrected chi connectivity index (χ4v) is 4.47. The lowest BCUT2D eigenvalue weighted by Crippen LogP contribution is -2.11. The van der Waals surface area contributed by atoms with E-state index in [9.17, 15) is 8.42 Å². The molecule has 0 spiro atoms. The molecule has 0 aliphatic rings. The molecule has 4 nitrogen and oxygen atoms in total. The molecule has 0 atom stereocenters. The van der Waals surface area contributed by atoms with E-state index in [2.05, 4.69) is 26.0 Å². The molecule has 0 bridgehead atoms. The van der Waals surface area contributed by atoms with Crippen LogP contribution in [0.2, 0.25) is 0 Å². The molecule has 2 rings (SSSR count). The summed E-state index contributed by atoms with van der Waals surface area (Å²) in [5.74, 6) is 0. The first-order chi connectivity index (χ1) is 9.03. The second-order valence-corrected chi connectivity index (χ2v) is 7.77. The van der Waals surface area contributed by atoms with E-state index in [1.54, 1.807) is 24.3 Å². The number of benzene rings is 1. The lowest BCUT2D eigenvalue weighted by molar-refractivity contribution is 0.603. The van der Waals surface area contributed by atoms with Crippen LogP contribution >= 0.6 is 27.3 Å². The predicted molar refractivity (Wildman–Crippen MR) is 82.0 cm³/mol. The first kappa shape index (κ1) is 14.5. The molecule has 0 saturated carbocycles. The maximum atomic E-state index is 12.2. The van der Waals surface area contributed by atoms with Crippen molar-refractivity contribution in [1.82, 2.24) is 5.32 Å². The summed E-state index contributed by atoms with van der Waals surface area (Å²) in [6.45, 7) is 0.662. The summed E-state index contributed by atoms with van der Waals surface area (Å²) < 4.78 is 28.1. The van der Waals surface area contributed by atoms with Gasteiger partial charge in [-0.2, -0.15) is 0 Å². The van der Waals surface area contributed by atoms with E-state index in [-0.39, 0.29) is 0 Å². The van der Waals surface area contributed by atoms with Gasteiger partial charge in [-0.15, -0.1) is 11.3 Å². The third kappa shape index (κ3) is 3.56. The Labute approximate surface area is 125 Å². The average molecular weight is 361 g/mol. The number of sulfonamides is 1. The molecule has 0 fully saturated rings. The number of rotatable bonds is 5. The molecule has 0 amide bonds. The van der Waals surface area contributed by atoms with Crippen LogP contribution < -0.4 is 10.0 Å². The standard InChI is InChI=1S/C12H13BrN2O2S2/c1-14-8-9-6-7-12(18-9)19(16,17)15-11-5-3-2-4-10(11)13/h2-7,14-15H,8H2,1H3. The first-order valence-corrected chi connectivity index (χ1v) is 8.63. The number of anilines is 1. The Hall–Kier alpha value is -0.890. The van der Waals surface area contributed by atoms with Crippen molar-refractivity contribution in [3.05, 3.63) is 45.7 Å². The Bertz CT molecular complexity index is 668. The molecule has 2 N–H and O–H groups in total. The highest BCUT2D eigenvalue weighted by molar-refractivity contribution is 9.10. The summed E-state index contributed by atoms with van der Waals surface area (Å²) in [4.78, 5) is 0.981. The van der Waals surface area contributed by atoms with Crippen LogP contribution in [-0.4, -0.2) is 15.5 Å². The average Bonchev–Trinajstić information content (AvgIpc) is 2.82. The van der Waals surface area contributed by atoms with Crippen molar-refractivity contribution in [1.29, 1.82) is 0 Å². The van der Waals surface area contributed by atoms with Crippen LogP contribution in [0.15, 0.2) is 45.1 Å². The van der Waals surface area contributed by atoms with Crippen molar-refractivity contribution in [2.75, 3.05) is 11.8 Å². The van der Waals surface area contributed by atoms with Gasteiger partial charge in [0, 0.05) is 15.9 Å². The smallest absolute Gasteiger partial charge is 0.271 e. The Morgan fingerprint density at radius 3 is 2.63 bits per heavy atom. The Morgan fingerprint density at radius 1 is 1.21 bits per heavy atom. The Balaban J connectivity index is 2.25. The van der Waals surface area contributed by atoms with E-state index >= 15 is 0 Å². The third-order valence-corrected chi connectivity index (χ3v) is 6.01. The maximum Gasteiger partial charge on any atom is 0.271 e. The third-order valence-electron chi connectivity index (χ3n) is 2.37. The fourth-order valence-electron chi connectivity index (χ4n) is 1.51. The first-order valence-electron chi connectivity index (χ1n) is 5.53. The van der Waals surface area contributed by atoms with Gasteiger partial charge in [-0.05, 0) is 47.2 Å². The van der Waals surface area contributed by atoms with Crippen LogP contribution in [0, 0.1) is 0 Å². The summed E-state index contributed by atoms with van der Waals surface area (Å²) in [5, 5.41) is 3.00. The minimum atomic E-state index is -3.52. The normalized spacial score (nSPS) is 11.5. The molecule has 0 saturated heterocycles. The number of nitrogens with one attached hydrogen (secondary N) is 2. The molecule has 2 aromatic rings. The van der Waals surface area contributed by atoms with Crippen molar-refractivity contribution in [3.8, 4) is 0 Å². The molecule has 0 aliphatic carbocycles. The summed E-state index contributed by atoms with van der Waals surface area (Å²) in [7, 11) is -1.70. The van der Waals surface area contributed by atoms with E-state index in [1.165, 1.54) is 11.3 Å². The molecule has 19 heavy (non-hydrogen) atoms. The van der Waals surface area contributed by atoms with Crippen LogP contribution in [0.3, 0.4) is 0 Å². The summed E-state index contributed by atoms with van der Waals surface area (Å²) in [5.41, 5.74) is 0.533. The van der Waals surface area contributed by atoms with Gasteiger partial charge in [0.05, 0.1) is 5.69 Å². The largest absolute Gasteiger partial charge is 0.315 e. The number of hydrogen-bond donors (Lipinski definition) is 2. The highest BCUT2D eigenvalue weighted by atomic mass is 79.9. The number of thiophene rings is 1.